The van der Waals surface area contributed by atoms with Crippen molar-refractivity contribution in [3.05, 3.63) is 28.5 Å². The lowest BCUT2D eigenvalue weighted by molar-refractivity contribution is 0.621. The van der Waals surface area contributed by atoms with E-state index in [1.807, 2.05) is 11.9 Å². The van der Waals surface area contributed by atoms with E-state index in [1.54, 1.807) is 12.1 Å². The molecule has 1 nitrogen and oxygen atoms in total. The van der Waals surface area contributed by atoms with Crippen molar-refractivity contribution in [2.45, 2.75) is 6.42 Å². The predicted molar refractivity (Wildman–Crippen MR) is 65.8 cm³/mol. The zero-order chi connectivity index (χ0) is 10.6. The molecular formula is C10H13BrFNS. The van der Waals surface area contributed by atoms with Gasteiger partial charge in [-0.3, -0.25) is 0 Å². The molecule has 0 amide bonds. The summed E-state index contributed by atoms with van der Waals surface area (Å²) in [5, 5.41) is 0. The van der Waals surface area contributed by atoms with Crippen molar-refractivity contribution in [1.82, 2.24) is 0 Å². The average molecular weight is 278 g/mol. The number of hydrogen-bond donors (Lipinski definition) is 1. The first kappa shape index (κ1) is 11.9. The van der Waals surface area contributed by atoms with E-state index in [1.165, 1.54) is 6.07 Å². The molecule has 0 radical (unpaired) electrons. The second kappa shape index (κ2) is 5.61. The van der Waals surface area contributed by atoms with Gasteiger partial charge in [-0.1, -0.05) is 15.9 Å². The standard InChI is InChI=1S/C10H13BrFNS/c1-13(5-2-6-14)10-7-8(11)3-4-9(10)12/h3-4,7,14H,2,5-6H2,1H3. The largest absolute Gasteiger partial charge is 0.372 e. The summed E-state index contributed by atoms with van der Waals surface area (Å²) in [6.07, 6.45) is 0.950. The maximum atomic E-state index is 13.4. The van der Waals surface area contributed by atoms with Crippen molar-refractivity contribution in [3.63, 3.8) is 0 Å². The summed E-state index contributed by atoms with van der Waals surface area (Å²) in [6, 6.07) is 4.95. The minimum absolute atomic E-state index is 0.185. The lowest BCUT2D eigenvalue weighted by atomic mass is 10.2. The van der Waals surface area contributed by atoms with Crippen LogP contribution in [0.5, 0.6) is 0 Å². The van der Waals surface area contributed by atoms with Crippen LogP contribution in [-0.2, 0) is 0 Å². The van der Waals surface area contributed by atoms with Gasteiger partial charge in [-0.15, -0.1) is 0 Å². The molecule has 0 heterocycles. The average Bonchev–Trinajstić information content (AvgIpc) is 2.18. The van der Waals surface area contributed by atoms with Gasteiger partial charge in [0, 0.05) is 18.1 Å². The van der Waals surface area contributed by atoms with Gasteiger partial charge in [0.1, 0.15) is 5.82 Å². The highest BCUT2D eigenvalue weighted by Crippen LogP contribution is 2.22. The van der Waals surface area contributed by atoms with Crippen molar-refractivity contribution in [2.75, 3.05) is 24.2 Å². The molecule has 4 heteroatoms. The van der Waals surface area contributed by atoms with E-state index in [0.717, 1.165) is 23.2 Å². The van der Waals surface area contributed by atoms with Gasteiger partial charge in [0.25, 0.3) is 0 Å². The lowest BCUT2D eigenvalue weighted by Gasteiger charge is -2.19. The van der Waals surface area contributed by atoms with Crippen LogP contribution >= 0.6 is 28.6 Å². The van der Waals surface area contributed by atoms with E-state index in [-0.39, 0.29) is 5.82 Å². The number of nitrogens with zero attached hydrogens (tertiary/aromatic N) is 1. The summed E-state index contributed by atoms with van der Waals surface area (Å²) >= 11 is 7.45. The summed E-state index contributed by atoms with van der Waals surface area (Å²) in [7, 11) is 1.88. The van der Waals surface area contributed by atoms with Crippen molar-refractivity contribution < 1.29 is 4.39 Å². The smallest absolute Gasteiger partial charge is 0.146 e. The highest BCUT2D eigenvalue weighted by Gasteiger charge is 2.06. The Morgan fingerprint density at radius 2 is 2.21 bits per heavy atom. The van der Waals surface area contributed by atoms with E-state index < -0.39 is 0 Å². The van der Waals surface area contributed by atoms with Crippen LogP contribution in [0.1, 0.15) is 6.42 Å². The number of thiol groups is 1. The van der Waals surface area contributed by atoms with Gasteiger partial charge in [0.05, 0.1) is 5.69 Å². The maximum Gasteiger partial charge on any atom is 0.146 e. The molecule has 1 aromatic carbocycles. The summed E-state index contributed by atoms with van der Waals surface area (Å²) in [5.74, 6) is 0.634. The third kappa shape index (κ3) is 3.17. The van der Waals surface area contributed by atoms with E-state index in [9.17, 15) is 4.39 Å². The molecule has 14 heavy (non-hydrogen) atoms. The van der Waals surface area contributed by atoms with E-state index in [4.69, 9.17) is 0 Å². The number of hydrogen-bond acceptors (Lipinski definition) is 2. The molecule has 0 aromatic heterocycles. The molecule has 0 saturated heterocycles. The molecule has 0 atom stereocenters. The highest BCUT2D eigenvalue weighted by molar-refractivity contribution is 9.10. The second-order valence-electron chi connectivity index (χ2n) is 3.09. The normalized spacial score (nSPS) is 10.3. The lowest BCUT2D eigenvalue weighted by Crippen LogP contribution is -2.19. The van der Waals surface area contributed by atoms with Crippen molar-refractivity contribution in [3.8, 4) is 0 Å². The van der Waals surface area contributed by atoms with Gasteiger partial charge >= 0.3 is 0 Å². The quantitative estimate of drug-likeness (QED) is 0.827. The first-order valence-corrected chi connectivity index (χ1v) is 5.84. The van der Waals surface area contributed by atoms with E-state index in [2.05, 4.69) is 28.6 Å². The van der Waals surface area contributed by atoms with Crippen LogP contribution in [0, 0.1) is 5.82 Å². The van der Waals surface area contributed by atoms with Crippen LogP contribution in [0.15, 0.2) is 22.7 Å². The molecule has 0 aliphatic carbocycles. The van der Waals surface area contributed by atoms with Gasteiger partial charge in [0.15, 0.2) is 0 Å². The fraction of sp³-hybridized carbons (Fsp3) is 0.400. The molecule has 0 fully saturated rings. The summed E-state index contributed by atoms with van der Waals surface area (Å²) < 4.78 is 14.3. The Balaban J connectivity index is 2.77. The van der Waals surface area contributed by atoms with Gasteiger partial charge < -0.3 is 4.90 Å². The number of anilines is 1. The molecule has 0 aliphatic heterocycles. The van der Waals surface area contributed by atoms with Crippen LogP contribution in [-0.4, -0.2) is 19.3 Å². The Kier molecular flexibility index (Phi) is 4.75. The Bertz CT molecular complexity index is 306. The molecule has 1 aromatic rings. The number of halogens is 2. The molecule has 0 unspecified atom stereocenters. The predicted octanol–water partition coefficient (Wildman–Crippen LogP) is 3.34. The molecular weight excluding hydrogens is 265 g/mol. The van der Waals surface area contributed by atoms with Crippen LogP contribution in [0.2, 0.25) is 0 Å². The summed E-state index contributed by atoms with van der Waals surface area (Å²) in [6.45, 7) is 0.816. The zero-order valence-corrected chi connectivity index (χ0v) is 10.5. The minimum atomic E-state index is -0.185. The van der Waals surface area contributed by atoms with Crippen LogP contribution < -0.4 is 4.90 Å². The van der Waals surface area contributed by atoms with Crippen molar-refractivity contribution in [2.24, 2.45) is 0 Å². The topological polar surface area (TPSA) is 3.24 Å². The van der Waals surface area contributed by atoms with Gasteiger partial charge in [-0.25, -0.2) is 4.39 Å². The Morgan fingerprint density at radius 3 is 2.86 bits per heavy atom. The van der Waals surface area contributed by atoms with Gasteiger partial charge in [0.2, 0.25) is 0 Å². The van der Waals surface area contributed by atoms with Gasteiger partial charge in [-0.2, -0.15) is 12.6 Å². The number of benzene rings is 1. The fourth-order valence-electron chi connectivity index (χ4n) is 1.21. The Labute approximate surface area is 97.8 Å². The fourth-order valence-corrected chi connectivity index (χ4v) is 1.70. The van der Waals surface area contributed by atoms with Gasteiger partial charge in [-0.05, 0) is 30.4 Å². The molecule has 0 aliphatic rings. The van der Waals surface area contributed by atoms with E-state index in [0.29, 0.717) is 5.69 Å². The Hall–Kier alpha value is -0.220. The maximum absolute atomic E-state index is 13.4. The monoisotopic (exact) mass is 277 g/mol. The van der Waals surface area contributed by atoms with Crippen LogP contribution in [0.25, 0.3) is 0 Å². The summed E-state index contributed by atoms with van der Waals surface area (Å²) in [4.78, 5) is 1.90. The first-order chi connectivity index (χ1) is 6.65. The summed E-state index contributed by atoms with van der Waals surface area (Å²) in [5.41, 5.74) is 0.626. The Morgan fingerprint density at radius 1 is 1.50 bits per heavy atom. The SMILES string of the molecule is CN(CCCS)c1cc(Br)ccc1F. The van der Waals surface area contributed by atoms with E-state index >= 15 is 0 Å². The minimum Gasteiger partial charge on any atom is -0.372 e. The first-order valence-electron chi connectivity index (χ1n) is 4.42. The number of rotatable bonds is 4. The highest BCUT2D eigenvalue weighted by atomic mass is 79.9. The van der Waals surface area contributed by atoms with Crippen LogP contribution in [0.4, 0.5) is 10.1 Å². The molecule has 1 rings (SSSR count). The molecule has 78 valence electrons. The molecule has 0 bridgehead atoms. The zero-order valence-electron chi connectivity index (χ0n) is 8.00. The molecule has 0 saturated carbocycles. The van der Waals surface area contributed by atoms with Crippen molar-refractivity contribution in [1.29, 1.82) is 0 Å². The van der Waals surface area contributed by atoms with Crippen molar-refractivity contribution >= 4 is 34.2 Å². The third-order valence-corrected chi connectivity index (χ3v) is 2.78. The second-order valence-corrected chi connectivity index (χ2v) is 4.46. The molecule has 0 N–H and O–H groups in total. The van der Waals surface area contributed by atoms with Crippen LogP contribution in [0.3, 0.4) is 0 Å². The third-order valence-electron chi connectivity index (χ3n) is 1.97. The molecule has 0 spiro atoms.